The zero-order valence-corrected chi connectivity index (χ0v) is 11.7. The molecule has 1 aliphatic rings. The first-order valence-electron chi connectivity index (χ1n) is 7.34. The van der Waals surface area contributed by atoms with E-state index in [9.17, 15) is 0 Å². The quantitative estimate of drug-likeness (QED) is 0.844. The molecule has 1 atom stereocenters. The van der Waals surface area contributed by atoms with Crippen LogP contribution in [-0.4, -0.2) is 15.8 Å². The molecule has 104 valence electrons. The lowest BCUT2D eigenvalue weighted by Crippen LogP contribution is -2.28. The molecule has 1 aliphatic carbocycles. The summed E-state index contributed by atoms with van der Waals surface area (Å²) in [7, 11) is 0. The summed E-state index contributed by atoms with van der Waals surface area (Å²) in [5.41, 5.74) is 2.54. The topological polar surface area (TPSA) is 29.9 Å². The van der Waals surface area contributed by atoms with Crippen molar-refractivity contribution in [3.63, 3.8) is 0 Å². The maximum Gasteiger partial charge on any atom is 0.0659 e. The highest BCUT2D eigenvalue weighted by molar-refractivity contribution is 5.15. The molecule has 1 heterocycles. The maximum absolute atomic E-state index is 4.44. The molecule has 0 bridgehead atoms. The number of rotatable bonds is 5. The van der Waals surface area contributed by atoms with Crippen molar-refractivity contribution in [1.29, 1.82) is 0 Å². The SMILES string of the molecule is C1=CCC(NCc2cnn(Cc3ccccc3)c2)CC1. The largest absolute Gasteiger partial charge is 0.309 e. The van der Waals surface area contributed by atoms with Crippen LogP contribution in [0, 0.1) is 0 Å². The van der Waals surface area contributed by atoms with E-state index in [1.165, 1.54) is 24.0 Å². The van der Waals surface area contributed by atoms with E-state index in [1.54, 1.807) is 0 Å². The molecule has 0 amide bonds. The molecule has 0 spiro atoms. The molecule has 0 radical (unpaired) electrons. The molecule has 1 N–H and O–H groups in total. The molecule has 3 nitrogen and oxygen atoms in total. The van der Waals surface area contributed by atoms with Gasteiger partial charge in [-0.3, -0.25) is 4.68 Å². The minimum Gasteiger partial charge on any atom is -0.309 e. The Morgan fingerprint density at radius 1 is 1.15 bits per heavy atom. The monoisotopic (exact) mass is 267 g/mol. The fourth-order valence-corrected chi connectivity index (χ4v) is 2.60. The summed E-state index contributed by atoms with van der Waals surface area (Å²) in [6.07, 6.45) is 12.3. The molecule has 0 saturated carbocycles. The van der Waals surface area contributed by atoms with Crippen LogP contribution in [0.4, 0.5) is 0 Å². The molecular formula is C17H21N3. The van der Waals surface area contributed by atoms with E-state index in [1.807, 2.05) is 16.9 Å². The molecule has 1 aromatic heterocycles. The number of allylic oxidation sites excluding steroid dienone is 1. The minimum atomic E-state index is 0.623. The van der Waals surface area contributed by atoms with Crippen LogP contribution in [0.3, 0.4) is 0 Å². The minimum absolute atomic E-state index is 0.623. The van der Waals surface area contributed by atoms with Gasteiger partial charge in [-0.2, -0.15) is 5.10 Å². The van der Waals surface area contributed by atoms with E-state index in [4.69, 9.17) is 0 Å². The molecule has 2 aromatic rings. The molecule has 0 saturated heterocycles. The molecule has 3 heteroatoms. The fourth-order valence-electron chi connectivity index (χ4n) is 2.60. The zero-order valence-electron chi connectivity index (χ0n) is 11.7. The second-order valence-electron chi connectivity index (χ2n) is 5.39. The van der Waals surface area contributed by atoms with E-state index in [0.717, 1.165) is 19.5 Å². The van der Waals surface area contributed by atoms with Gasteiger partial charge < -0.3 is 5.32 Å². The van der Waals surface area contributed by atoms with Gasteiger partial charge in [-0.05, 0) is 24.8 Å². The summed E-state index contributed by atoms with van der Waals surface area (Å²) < 4.78 is 2.01. The Balaban J connectivity index is 1.53. The summed E-state index contributed by atoms with van der Waals surface area (Å²) in [5, 5.41) is 8.05. The van der Waals surface area contributed by atoms with Crippen LogP contribution in [-0.2, 0) is 13.1 Å². The van der Waals surface area contributed by atoms with Gasteiger partial charge in [-0.1, -0.05) is 42.5 Å². The highest BCUT2D eigenvalue weighted by Gasteiger charge is 2.09. The van der Waals surface area contributed by atoms with E-state index >= 15 is 0 Å². The molecule has 20 heavy (non-hydrogen) atoms. The lowest BCUT2D eigenvalue weighted by Gasteiger charge is -2.18. The number of nitrogens with zero attached hydrogens (tertiary/aromatic N) is 2. The van der Waals surface area contributed by atoms with Crippen molar-refractivity contribution in [2.24, 2.45) is 0 Å². The van der Waals surface area contributed by atoms with Crippen molar-refractivity contribution in [1.82, 2.24) is 15.1 Å². The fraction of sp³-hybridized carbons (Fsp3) is 0.353. The van der Waals surface area contributed by atoms with Crippen molar-refractivity contribution in [3.05, 3.63) is 66.0 Å². The van der Waals surface area contributed by atoms with Crippen LogP contribution in [0.15, 0.2) is 54.9 Å². The van der Waals surface area contributed by atoms with Crippen LogP contribution in [0.2, 0.25) is 0 Å². The van der Waals surface area contributed by atoms with Crippen molar-refractivity contribution < 1.29 is 0 Å². The predicted molar refractivity (Wildman–Crippen MR) is 81.4 cm³/mol. The third kappa shape index (κ3) is 3.58. The average Bonchev–Trinajstić information content (AvgIpc) is 2.95. The number of hydrogen-bond acceptors (Lipinski definition) is 2. The van der Waals surface area contributed by atoms with Gasteiger partial charge in [0.2, 0.25) is 0 Å². The maximum atomic E-state index is 4.44. The van der Waals surface area contributed by atoms with Gasteiger partial charge in [0.25, 0.3) is 0 Å². The van der Waals surface area contributed by atoms with E-state index in [2.05, 4.69) is 53.0 Å². The first-order chi connectivity index (χ1) is 9.90. The zero-order chi connectivity index (χ0) is 13.6. The summed E-state index contributed by atoms with van der Waals surface area (Å²) in [6.45, 7) is 1.75. The number of benzene rings is 1. The first kappa shape index (κ1) is 13.1. The Bertz CT molecular complexity index is 557. The van der Waals surface area contributed by atoms with Crippen LogP contribution >= 0.6 is 0 Å². The highest BCUT2D eigenvalue weighted by Crippen LogP contribution is 2.11. The Morgan fingerprint density at radius 3 is 2.85 bits per heavy atom. The van der Waals surface area contributed by atoms with E-state index in [-0.39, 0.29) is 0 Å². The predicted octanol–water partition coefficient (Wildman–Crippen LogP) is 3.13. The normalized spacial score (nSPS) is 18.3. The van der Waals surface area contributed by atoms with Gasteiger partial charge in [0.1, 0.15) is 0 Å². The molecular weight excluding hydrogens is 246 g/mol. The van der Waals surface area contributed by atoms with Gasteiger partial charge in [0, 0.05) is 24.3 Å². The van der Waals surface area contributed by atoms with Gasteiger partial charge in [0.15, 0.2) is 0 Å². The second-order valence-corrected chi connectivity index (χ2v) is 5.39. The van der Waals surface area contributed by atoms with Gasteiger partial charge in [-0.15, -0.1) is 0 Å². The standard InChI is InChI=1S/C17H21N3/c1-3-7-15(8-4-1)13-20-14-16(12-19-20)11-18-17-9-5-2-6-10-17/h1-5,7-8,12,14,17-18H,6,9-11,13H2. The van der Waals surface area contributed by atoms with Gasteiger partial charge in [0.05, 0.1) is 12.7 Å². The Labute approximate surface area is 120 Å². The van der Waals surface area contributed by atoms with E-state index in [0.29, 0.717) is 6.04 Å². The second kappa shape index (κ2) is 6.53. The van der Waals surface area contributed by atoms with Crippen molar-refractivity contribution in [3.8, 4) is 0 Å². The lowest BCUT2D eigenvalue weighted by atomic mass is 10.0. The number of aromatic nitrogens is 2. The summed E-state index contributed by atoms with van der Waals surface area (Å²) in [5.74, 6) is 0. The van der Waals surface area contributed by atoms with Crippen LogP contribution in [0.1, 0.15) is 30.4 Å². The molecule has 0 aliphatic heterocycles. The first-order valence-corrected chi connectivity index (χ1v) is 7.34. The Morgan fingerprint density at radius 2 is 2.05 bits per heavy atom. The van der Waals surface area contributed by atoms with E-state index < -0.39 is 0 Å². The molecule has 0 fully saturated rings. The third-order valence-corrected chi connectivity index (χ3v) is 3.74. The van der Waals surface area contributed by atoms with Gasteiger partial charge in [-0.25, -0.2) is 0 Å². The summed E-state index contributed by atoms with van der Waals surface area (Å²) >= 11 is 0. The van der Waals surface area contributed by atoms with Crippen molar-refractivity contribution in [2.45, 2.75) is 38.4 Å². The molecule has 1 aromatic carbocycles. The molecule has 1 unspecified atom stereocenters. The highest BCUT2D eigenvalue weighted by atomic mass is 15.3. The average molecular weight is 267 g/mol. The number of nitrogens with one attached hydrogen (secondary N) is 1. The number of hydrogen-bond donors (Lipinski definition) is 1. The Kier molecular flexibility index (Phi) is 4.28. The Hall–Kier alpha value is -1.87. The lowest BCUT2D eigenvalue weighted by molar-refractivity contribution is 0.474. The van der Waals surface area contributed by atoms with Gasteiger partial charge >= 0.3 is 0 Å². The van der Waals surface area contributed by atoms with Crippen molar-refractivity contribution in [2.75, 3.05) is 0 Å². The van der Waals surface area contributed by atoms with Crippen LogP contribution < -0.4 is 5.32 Å². The smallest absolute Gasteiger partial charge is 0.0659 e. The summed E-state index contributed by atoms with van der Waals surface area (Å²) in [4.78, 5) is 0. The van der Waals surface area contributed by atoms with Crippen LogP contribution in [0.25, 0.3) is 0 Å². The summed E-state index contributed by atoms with van der Waals surface area (Å²) in [6, 6.07) is 11.1. The van der Waals surface area contributed by atoms with Crippen LogP contribution in [0.5, 0.6) is 0 Å². The third-order valence-electron chi connectivity index (χ3n) is 3.74. The molecule has 3 rings (SSSR count). The van der Waals surface area contributed by atoms with Crippen molar-refractivity contribution >= 4 is 0 Å².